The van der Waals surface area contributed by atoms with Gasteiger partial charge in [0.05, 0.1) is 23.1 Å². The maximum Gasteiger partial charge on any atom is 0.311 e. The van der Waals surface area contributed by atoms with E-state index in [0.717, 1.165) is 5.82 Å². The molecule has 150 valence electrons. The predicted octanol–water partition coefficient (Wildman–Crippen LogP) is 3.64. The number of ether oxygens (including phenoxy) is 1. The predicted molar refractivity (Wildman–Crippen MR) is 104 cm³/mol. The largest absolute Gasteiger partial charge is 0.490 e. The van der Waals surface area contributed by atoms with Gasteiger partial charge >= 0.3 is 5.69 Å². The number of methoxy groups -OCH3 is 1. The third-order valence-corrected chi connectivity index (χ3v) is 5.25. The topological polar surface area (TPSA) is 101 Å². The summed E-state index contributed by atoms with van der Waals surface area (Å²) in [6.07, 6.45) is 1.40. The molecule has 0 saturated carbocycles. The molecule has 1 aliphatic rings. The molecule has 1 fully saturated rings. The second-order valence-corrected chi connectivity index (χ2v) is 6.99. The molecule has 1 N–H and O–H groups in total. The second kappa shape index (κ2) is 7.50. The van der Waals surface area contributed by atoms with Crippen LogP contribution in [-0.4, -0.2) is 45.9 Å². The van der Waals surface area contributed by atoms with Gasteiger partial charge in [-0.3, -0.25) is 14.9 Å². The van der Waals surface area contributed by atoms with Gasteiger partial charge in [-0.1, -0.05) is 0 Å². The van der Waals surface area contributed by atoms with Crippen LogP contribution in [0.1, 0.15) is 34.9 Å². The van der Waals surface area contributed by atoms with Gasteiger partial charge in [0.15, 0.2) is 5.75 Å². The molecule has 0 aliphatic carbocycles. The highest BCUT2D eigenvalue weighted by atomic mass is 19.1. The fourth-order valence-electron chi connectivity index (χ4n) is 3.70. The summed E-state index contributed by atoms with van der Waals surface area (Å²) in [5.74, 6) is 0.478. The molecule has 2 aromatic carbocycles. The molecule has 8 nitrogen and oxygen atoms in total. The number of likely N-dealkylation sites (tertiary alicyclic amines) is 1. The number of nitrogens with one attached hydrogen (secondary N) is 1. The Morgan fingerprint density at radius 2 is 2.03 bits per heavy atom. The molecule has 0 spiro atoms. The van der Waals surface area contributed by atoms with Crippen molar-refractivity contribution in [2.75, 3.05) is 20.2 Å². The number of carbonyl (C=O) groups is 1. The molecule has 0 bridgehead atoms. The molecule has 1 aliphatic heterocycles. The molecular weight excluding hydrogens is 379 g/mol. The summed E-state index contributed by atoms with van der Waals surface area (Å²) in [5.41, 5.74) is 1.40. The Kier molecular flexibility index (Phi) is 4.87. The van der Waals surface area contributed by atoms with Crippen LogP contribution in [0.3, 0.4) is 0 Å². The molecule has 3 aromatic rings. The average Bonchev–Trinajstić information content (AvgIpc) is 3.16. The van der Waals surface area contributed by atoms with Crippen molar-refractivity contribution in [2.24, 2.45) is 0 Å². The Morgan fingerprint density at radius 1 is 1.28 bits per heavy atom. The van der Waals surface area contributed by atoms with Gasteiger partial charge in [0.25, 0.3) is 5.91 Å². The van der Waals surface area contributed by atoms with E-state index in [2.05, 4.69) is 9.97 Å². The van der Waals surface area contributed by atoms with E-state index in [-0.39, 0.29) is 34.6 Å². The van der Waals surface area contributed by atoms with Crippen LogP contribution in [0.15, 0.2) is 36.4 Å². The highest BCUT2D eigenvalue weighted by molar-refractivity contribution is 5.95. The standard InChI is InChI=1S/C20H19FN4O4/c1-29-18-5-2-13(10-17(18)25(27)28)20(26)24-8-6-12(7-9-24)19-22-15-4-3-14(21)11-16(15)23-19/h2-5,10-12H,6-9H2,1H3,(H,22,23). The van der Waals surface area contributed by atoms with Crippen molar-refractivity contribution < 1.29 is 18.8 Å². The zero-order valence-corrected chi connectivity index (χ0v) is 15.7. The maximum absolute atomic E-state index is 13.4. The van der Waals surface area contributed by atoms with Gasteiger partial charge in [-0.05, 0) is 43.2 Å². The molecular formula is C20H19FN4O4. The number of halogens is 1. The van der Waals surface area contributed by atoms with E-state index in [0.29, 0.717) is 37.0 Å². The van der Waals surface area contributed by atoms with Gasteiger partial charge in [-0.2, -0.15) is 0 Å². The maximum atomic E-state index is 13.4. The number of imidazole rings is 1. The van der Waals surface area contributed by atoms with Gasteiger partial charge in [-0.25, -0.2) is 9.37 Å². The Labute approximate surface area is 165 Å². The van der Waals surface area contributed by atoms with E-state index in [9.17, 15) is 19.3 Å². The molecule has 0 atom stereocenters. The highest BCUT2D eigenvalue weighted by Gasteiger charge is 2.28. The summed E-state index contributed by atoms with van der Waals surface area (Å²) in [4.78, 5) is 32.8. The first-order chi connectivity index (χ1) is 14.0. The summed E-state index contributed by atoms with van der Waals surface area (Å²) < 4.78 is 18.4. The minimum atomic E-state index is -0.563. The lowest BCUT2D eigenvalue weighted by molar-refractivity contribution is -0.385. The second-order valence-electron chi connectivity index (χ2n) is 6.99. The lowest BCUT2D eigenvalue weighted by Crippen LogP contribution is -2.38. The normalized spacial score (nSPS) is 14.9. The highest BCUT2D eigenvalue weighted by Crippen LogP contribution is 2.31. The zero-order valence-electron chi connectivity index (χ0n) is 15.7. The van der Waals surface area contributed by atoms with Crippen molar-refractivity contribution in [1.29, 1.82) is 0 Å². The lowest BCUT2D eigenvalue weighted by Gasteiger charge is -2.31. The number of rotatable bonds is 4. The van der Waals surface area contributed by atoms with Gasteiger partial charge in [0, 0.05) is 30.6 Å². The van der Waals surface area contributed by atoms with E-state index in [1.165, 1.54) is 37.4 Å². The van der Waals surface area contributed by atoms with E-state index in [1.54, 1.807) is 11.0 Å². The number of nitro benzene ring substituents is 1. The summed E-state index contributed by atoms with van der Waals surface area (Å²) in [6, 6.07) is 8.66. The van der Waals surface area contributed by atoms with Gasteiger partial charge in [-0.15, -0.1) is 0 Å². The van der Waals surface area contributed by atoms with Crippen LogP contribution in [0.2, 0.25) is 0 Å². The molecule has 0 radical (unpaired) electrons. The third-order valence-electron chi connectivity index (χ3n) is 5.25. The SMILES string of the molecule is COc1ccc(C(=O)N2CCC(c3nc4ccc(F)cc4[nH]3)CC2)cc1[N+](=O)[O-]. The van der Waals surface area contributed by atoms with Crippen LogP contribution in [0.25, 0.3) is 11.0 Å². The summed E-state index contributed by atoms with van der Waals surface area (Å²) >= 11 is 0. The van der Waals surface area contributed by atoms with Crippen LogP contribution in [-0.2, 0) is 0 Å². The van der Waals surface area contributed by atoms with Gasteiger partial charge in [0.2, 0.25) is 0 Å². The average molecular weight is 398 g/mol. The van der Waals surface area contributed by atoms with Crippen LogP contribution < -0.4 is 4.74 Å². The lowest BCUT2D eigenvalue weighted by atomic mass is 9.95. The van der Waals surface area contributed by atoms with Crippen molar-refractivity contribution in [3.8, 4) is 5.75 Å². The van der Waals surface area contributed by atoms with Crippen LogP contribution in [0, 0.1) is 15.9 Å². The number of aromatic amines is 1. The Bertz CT molecular complexity index is 1090. The molecule has 0 unspecified atom stereocenters. The number of hydrogen-bond donors (Lipinski definition) is 1. The minimum Gasteiger partial charge on any atom is -0.490 e. The van der Waals surface area contributed by atoms with Crippen molar-refractivity contribution >= 4 is 22.6 Å². The summed E-state index contributed by atoms with van der Waals surface area (Å²) in [7, 11) is 1.35. The van der Waals surface area contributed by atoms with Crippen molar-refractivity contribution in [3.63, 3.8) is 0 Å². The quantitative estimate of drug-likeness (QED) is 0.534. The Balaban J connectivity index is 1.47. The summed E-state index contributed by atoms with van der Waals surface area (Å²) in [5, 5.41) is 11.2. The molecule has 1 aromatic heterocycles. The zero-order chi connectivity index (χ0) is 20.5. The fraction of sp³-hybridized carbons (Fsp3) is 0.300. The molecule has 29 heavy (non-hydrogen) atoms. The van der Waals surface area contributed by atoms with E-state index < -0.39 is 4.92 Å². The van der Waals surface area contributed by atoms with E-state index in [4.69, 9.17) is 4.74 Å². The number of H-pyrrole nitrogens is 1. The smallest absolute Gasteiger partial charge is 0.311 e. The first kappa shape index (κ1) is 18.9. The monoisotopic (exact) mass is 398 g/mol. The van der Waals surface area contributed by atoms with E-state index in [1.807, 2.05) is 0 Å². The number of benzene rings is 2. The third kappa shape index (κ3) is 3.63. The number of fused-ring (bicyclic) bond motifs is 1. The molecule has 1 saturated heterocycles. The molecule has 9 heteroatoms. The van der Waals surface area contributed by atoms with Crippen LogP contribution in [0.5, 0.6) is 5.75 Å². The number of amides is 1. The number of nitrogens with zero attached hydrogens (tertiary/aromatic N) is 3. The number of piperidine rings is 1. The molecule has 2 heterocycles. The fourth-order valence-corrected chi connectivity index (χ4v) is 3.70. The van der Waals surface area contributed by atoms with Gasteiger partial charge in [0.1, 0.15) is 11.6 Å². The Hall–Kier alpha value is -3.49. The summed E-state index contributed by atoms with van der Waals surface area (Å²) in [6.45, 7) is 1.02. The number of nitro groups is 1. The number of carbonyl (C=O) groups excluding carboxylic acids is 1. The number of aromatic nitrogens is 2. The van der Waals surface area contributed by atoms with Crippen LogP contribution >= 0.6 is 0 Å². The van der Waals surface area contributed by atoms with Crippen molar-refractivity contribution in [3.05, 3.63) is 63.7 Å². The molecule has 4 rings (SSSR count). The number of hydrogen-bond acceptors (Lipinski definition) is 5. The molecule has 1 amide bonds. The van der Waals surface area contributed by atoms with E-state index >= 15 is 0 Å². The van der Waals surface area contributed by atoms with Crippen LogP contribution in [0.4, 0.5) is 10.1 Å². The first-order valence-electron chi connectivity index (χ1n) is 9.23. The minimum absolute atomic E-state index is 0.117. The first-order valence-corrected chi connectivity index (χ1v) is 9.23. The van der Waals surface area contributed by atoms with Crippen molar-refractivity contribution in [1.82, 2.24) is 14.9 Å². The Morgan fingerprint density at radius 3 is 2.72 bits per heavy atom. The van der Waals surface area contributed by atoms with Gasteiger partial charge < -0.3 is 14.6 Å². The van der Waals surface area contributed by atoms with Crippen molar-refractivity contribution in [2.45, 2.75) is 18.8 Å².